The lowest BCUT2D eigenvalue weighted by molar-refractivity contribution is -0.142. The molecule has 0 unspecified atom stereocenters. The van der Waals surface area contributed by atoms with Crippen LogP contribution in [-0.4, -0.2) is 82.9 Å². The van der Waals surface area contributed by atoms with Crippen LogP contribution in [0.15, 0.2) is 53.6 Å². The SMILES string of the molecule is CC(=O)OCc1c(-c2cc(Nc3ccc(N4CCN(C5COC5)CC4)cn3)c(=O)n(C)c2)ccc(F)c1N1CCn2c(cc3c2CCCC3)C1=O. The maximum atomic E-state index is 16.0. The largest absolute Gasteiger partial charge is 0.461 e. The Balaban J connectivity index is 1.09. The Kier molecular flexibility index (Phi) is 8.84. The van der Waals surface area contributed by atoms with E-state index in [0.29, 0.717) is 40.8 Å². The number of benzene rings is 1. The van der Waals surface area contributed by atoms with Gasteiger partial charge in [-0.15, -0.1) is 0 Å². The summed E-state index contributed by atoms with van der Waals surface area (Å²) < 4.78 is 30.3. The number of halogens is 1. The van der Waals surface area contributed by atoms with Crippen molar-refractivity contribution in [2.45, 2.75) is 51.8 Å². The zero-order valence-corrected chi connectivity index (χ0v) is 29.0. The van der Waals surface area contributed by atoms with Gasteiger partial charge in [-0.1, -0.05) is 6.07 Å². The Labute approximate surface area is 295 Å². The van der Waals surface area contributed by atoms with Crippen molar-refractivity contribution in [1.82, 2.24) is 19.0 Å². The second-order valence-corrected chi connectivity index (χ2v) is 13.8. The number of esters is 1. The fourth-order valence-electron chi connectivity index (χ4n) is 7.85. The molecular formula is C38H42FN7O5. The van der Waals surface area contributed by atoms with Crippen molar-refractivity contribution >= 4 is 34.8 Å². The van der Waals surface area contributed by atoms with Gasteiger partial charge in [-0.25, -0.2) is 9.37 Å². The first-order valence-corrected chi connectivity index (χ1v) is 17.7. The van der Waals surface area contributed by atoms with Crippen LogP contribution in [0.2, 0.25) is 0 Å². The Hall–Kier alpha value is -5.01. The standard InChI is InChI=1S/C38H42FN7O5/c1-24(47)51-23-30-29(8-9-31(39)36(30)46-16-15-45-33-6-4-3-5-25(33)18-34(45)38(46)49)26-17-32(37(48)42(2)20-26)41-35-10-7-27(19-40-35)43-11-13-44(14-12-43)28-21-50-22-28/h7-10,17-20,28H,3-6,11-16,21-23H2,1-2H3,(H,40,41). The number of hydrogen-bond donors (Lipinski definition) is 1. The third-order valence-corrected chi connectivity index (χ3v) is 10.7. The molecule has 1 N–H and O–H groups in total. The van der Waals surface area contributed by atoms with Gasteiger partial charge < -0.3 is 33.7 Å². The molecule has 3 aromatic heterocycles. The molecule has 1 aliphatic carbocycles. The minimum absolute atomic E-state index is 0.0756. The molecule has 4 aliphatic rings. The number of rotatable bonds is 8. The van der Waals surface area contributed by atoms with Crippen LogP contribution in [-0.2, 0) is 47.3 Å². The number of fused-ring (bicyclic) bond motifs is 3. The number of aromatic nitrogens is 3. The number of carbonyl (C=O) groups is 2. The number of ether oxygens (including phenoxy) is 2. The van der Waals surface area contributed by atoms with E-state index in [4.69, 9.17) is 9.47 Å². The van der Waals surface area contributed by atoms with Gasteiger partial charge in [-0.05, 0) is 67.1 Å². The van der Waals surface area contributed by atoms with Gasteiger partial charge in [0, 0.05) is 76.3 Å². The fourth-order valence-corrected chi connectivity index (χ4v) is 7.85. The van der Waals surface area contributed by atoms with E-state index in [2.05, 4.69) is 24.7 Å². The molecule has 12 nitrogen and oxygen atoms in total. The summed E-state index contributed by atoms with van der Waals surface area (Å²) in [5, 5.41) is 3.18. The molecular weight excluding hydrogens is 653 g/mol. The zero-order chi connectivity index (χ0) is 35.2. The first kappa shape index (κ1) is 33.2. The van der Waals surface area contributed by atoms with Gasteiger partial charge >= 0.3 is 5.97 Å². The summed E-state index contributed by atoms with van der Waals surface area (Å²) in [6.07, 6.45) is 7.51. The van der Waals surface area contributed by atoms with Crippen LogP contribution in [0, 0.1) is 5.82 Å². The molecule has 13 heteroatoms. The molecule has 1 aromatic carbocycles. The Morgan fingerprint density at radius 3 is 2.55 bits per heavy atom. The van der Waals surface area contributed by atoms with Gasteiger partial charge in [-0.2, -0.15) is 0 Å². The molecule has 51 heavy (non-hydrogen) atoms. The second-order valence-electron chi connectivity index (χ2n) is 13.8. The highest BCUT2D eigenvalue weighted by Crippen LogP contribution is 2.38. The zero-order valence-electron chi connectivity index (χ0n) is 29.0. The van der Waals surface area contributed by atoms with Gasteiger partial charge in [0.1, 0.15) is 29.6 Å². The molecule has 0 radical (unpaired) electrons. The molecule has 0 bridgehead atoms. The topological polar surface area (TPSA) is 114 Å². The van der Waals surface area contributed by atoms with Crippen molar-refractivity contribution in [3.05, 3.63) is 87.5 Å². The van der Waals surface area contributed by atoms with Gasteiger partial charge in [0.15, 0.2) is 0 Å². The van der Waals surface area contributed by atoms with E-state index in [1.54, 1.807) is 25.4 Å². The minimum atomic E-state index is -0.593. The molecule has 0 atom stereocenters. The molecule has 8 rings (SSSR count). The number of piperazine rings is 1. The average Bonchev–Trinajstić information content (AvgIpc) is 3.49. The van der Waals surface area contributed by atoms with Crippen molar-refractivity contribution < 1.29 is 23.5 Å². The van der Waals surface area contributed by atoms with Crippen LogP contribution in [0.25, 0.3) is 11.1 Å². The van der Waals surface area contributed by atoms with E-state index in [0.717, 1.165) is 70.8 Å². The summed E-state index contributed by atoms with van der Waals surface area (Å²) >= 11 is 0. The Bertz CT molecular complexity index is 2050. The van der Waals surface area contributed by atoms with Gasteiger partial charge in [-0.3, -0.25) is 19.3 Å². The third kappa shape index (κ3) is 6.29. The normalized spacial score (nSPS) is 17.9. The molecule has 1 amide bonds. The number of anilines is 4. The number of hydrogen-bond acceptors (Lipinski definition) is 9. The number of nitrogens with zero attached hydrogens (tertiary/aromatic N) is 6. The highest BCUT2D eigenvalue weighted by molar-refractivity contribution is 6.07. The lowest BCUT2D eigenvalue weighted by Gasteiger charge is -2.43. The quantitative estimate of drug-likeness (QED) is 0.270. The van der Waals surface area contributed by atoms with Crippen LogP contribution >= 0.6 is 0 Å². The predicted molar refractivity (Wildman–Crippen MR) is 191 cm³/mol. The third-order valence-electron chi connectivity index (χ3n) is 10.7. The van der Waals surface area contributed by atoms with Crippen molar-refractivity contribution in [1.29, 1.82) is 0 Å². The van der Waals surface area contributed by atoms with E-state index in [9.17, 15) is 14.4 Å². The second kappa shape index (κ2) is 13.6. The van der Waals surface area contributed by atoms with E-state index < -0.39 is 11.8 Å². The molecule has 6 heterocycles. The first-order chi connectivity index (χ1) is 24.7. The summed E-state index contributed by atoms with van der Waals surface area (Å²) in [4.78, 5) is 50.3. The highest BCUT2D eigenvalue weighted by Gasteiger charge is 2.34. The van der Waals surface area contributed by atoms with Crippen molar-refractivity contribution in [3.8, 4) is 11.1 Å². The first-order valence-electron chi connectivity index (χ1n) is 17.7. The van der Waals surface area contributed by atoms with Crippen molar-refractivity contribution in [2.24, 2.45) is 7.05 Å². The van der Waals surface area contributed by atoms with Crippen LogP contribution < -0.4 is 20.7 Å². The van der Waals surface area contributed by atoms with Gasteiger partial charge in [0.2, 0.25) is 0 Å². The summed E-state index contributed by atoms with van der Waals surface area (Å²) in [5.41, 5.74) is 5.49. The fraction of sp³-hybridized carbons (Fsp3) is 0.421. The van der Waals surface area contributed by atoms with Crippen LogP contribution in [0.5, 0.6) is 0 Å². The average molecular weight is 696 g/mol. The minimum Gasteiger partial charge on any atom is -0.461 e. The number of pyridine rings is 2. The monoisotopic (exact) mass is 695 g/mol. The Morgan fingerprint density at radius 2 is 1.82 bits per heavy atom. The number of aryl methyl sites for hydroxylation is 2. The van der Waals surface area contributed by atoms with Crippen LogP contribution in [0.3, 0.4) is 0 Å². The highest BCUT2D eigenvalue weighted by atomic mass is 19.1. The number of amides is 1. The smallest absolute Gasteiger partial charge is 0.302 e. The summed E-state index contributed by atoms with van der Waals surface area (Å²) in [6.45, 7) is 7.23. The number of nitrogens with one attached hydrogen (secondary N) is 1. The summed E-state index contributed by atoms with van der Waals surface area (Å²) in [5.74, 6) is -0.912. The van der Waals surface area contributed by atoms with Crippen molar-refractivity contribution in [2.75, 3.05) is 61.1 Å². The van der Waals surface area contributed by atoms with Gasteiger partial charge in [0.05, 0.1) is 36.8 Å². The van der Waals surface area contributed by atoms with E-state index in [-0.39, 0.29) is 36.0 Å². The predicted octanol–water partition coefficient (Wildman–Crippen LogP) is 4.25. The molecule has 3 aliphatic heterocycles. The molecule has 266 valence electrons. The maximum absolute atomic E-state index is 16.0. The lowest BCUT2D eigenvalue weighted by atomic mass is 9.97. The van der Waals surface area contributed by atoms with Crippen LogP contribution in [0.1, 0.15) is 47.1 Å². The molecule has 0 spiro atoms. The maximum Gasteiger partial charge on any atom is 0.302 e. The van der Waals surface area contributed by atoms with Crippen LogP contribution in [0.4, 0.5) is 27.3 Å². The van der Waals surface area contributed by atoms with E-state index in [1.807, 2.05) is 24.4 Å². The summed E-state index contributed by atoms with van der Waals surface area (Å²) in [7, 11) is 1.64. The molecule has 2 saturated heterocycles. The van der Waals surface area contributed by atoms with Crippen molar-refractivity contribution in [3.63, 3.8) is 0 Å². The lowest BCUT2D eigenvalue weighted by Crippen LogP contribution is -2.56. The summed E-state index contributed by atoms with van der Waals surface area (Å²) in [6, 6.07) is 10.9. The molecule has 4 aromatic rings. The molecule has 0 saturated carbocycles. The number of carbonyl (C=O) groups excluding carboxylic acids is 2. The Morgan fingerprint density at radius 1 is 1.02 bits per heavy atom. The van der Waals surface area contributed by atoms with Gasteiger partial charge in [0.25, 0.3) is 11.5 Å². The van der Waals surface area contributed by atoms with E-state index >= 15 is 4.39 Å². The molecule has 2 fully saturated rings. The van der Waals surface area contributed by atoms with E-state index in [1.165, 1.54) is 33.7 Å².